The summed E-state index contributed by atoms with van der Waals surface area (Å²) in [6.45, 7) is 7.16. The van der Waals surface area contributed by atoms with Crippen molar-refractivity contribution in [3.05, 3.63) is 5.89 Å². The molecule has 21 heavy (non-hydrogen) atoms. The average molecular weight is 310 g/mol. The Morgan fingerprint density at radius 1 is 1.14 bits per heavy atom. The van der Waals surface area contributed by atoms with Crippen molar-refractivity contribution >= 4 is 17.7 Å². The van der Waals surface area contributed by atoms with Gasteiger partial charge in [-0.15, -0.1) is 10.2 Å². The zero-order chi connectivity index (χ0) is 15.1. The van der Waals surface area contributed by atoms with Crippen molar-refractivity contribution in [1.29, 1.82) is 0 Å². The molecule has 0 amide bonds. The zero-order valence-electron chi connectivity index (χ0n) is 12.3. The van der Waals surface area contributed by atoms with Crippen molar-refractivity contribution in [1.82, 2.24) is 25.1 Å². The van der Waals surface area contributed by atoms with Crippen LogP contribution in [-0.2, 0) is 0 Å². The van der Waals surface area contributed by atoms with Crippen LogP contribution in [0.25, 0.3) is 0 Å². The number of nitrogens with one attached hydrogen (secondary N) is 1. The molecule has 0 unspecified atom stereocenters. The lowest BCUT2D eigenvalue weighted by molar-refractivity contribution is 0.288. The number of aryl methyl sites for hydroxylation is 1. The van der Waals surface area contributed by atoms with Gasteiger partial charge in [0.2, 0.25) is 17.0 Å². The van der Waals surface area contributed by atoms with E-state index in [2.05, 4.69) is 37.4 Å². The monoisotopic (exact) mass is 310 g/mol. The van der Waals surface area contributed by atoms with Crippen LogP contribution >= 0.6 is 11.8 Å². The molecule has 0 aromatic carbocycles. The molecule has 0 bridgehead atoms. The fourth-order valence-corrected chi connectivity index (χ4v) is 2.01. The molecule has 0 radical (unpaired) electrons. The minimum absolute atomic E-state index is 0.296. The molecule has 0 aliphatic carbocycles. The third-order valence-electron chi connectivity index (χ3n) is 2.25. The summed E-state index contributed by atoms with van der Waals surface area (Å²) >= 11 is 1.18. The lowest BCUT2D eigenvalue weighted by Gasteiger charge is -2.07. The summed E-state index contributed by atoms with van der Waals surface area (Å²) in [7, 11) is 0. The second-order valence-electron chi connectivity index (χ2n) is 4.19. The molecule has 1 N–H and O–H groups in total. The number of hydrogen-bond acceptors (Lipinski definition) is 9. The van der Waals surface area contributed by atoms with Crippen molar-refractivity contribution in [2.24, 2.45) is 0 Å². The largest absolute Gasteiger partial charge is 0.463 e. The number of anilines is 1. The molecule has 0 saturated heterocycles. The van der Waals surface area contributed by atoms with Crippen LogP contribution in [0.5, 0.6) is 6.01 Å². The van der Waals surface area contributed by atoms with Crippen LogP contribution in [0.1, 0.15) is 32.6 Å². The lowest BCUT2D eigenvalue weighted by Crippen LogP contribution is -2.08. The van der Waals surface area contributed by atoms with Gasteiger partial charge in [-0.3, -0.25) is 0 Å². The van der Waals surface area contributed by atoms with Gasteiger partial charge in [-0.2, -0.15) is 15.0 Å². The highest BCUT2D eigenvalue weighted by molar-refractivity contribution is 7.98. The first-order valence-corrected chi connectivity index (χ1v) is 7.63. The number of aromatic nitrogens is 5. The maximum Gasteiger partial charge on any atom is 0.322 e. The van der Waals surface area contributed by atoms with Gasteiger partial charge in [-0.05, 0) is 12.8 Å². The van der Waals surface area contributed by atoms with Crippen molar-refractivity contribution in [3.63, 3.8) is 0 Å². The first-order valence-electron chi connectivity index (χ1n) is 6.82. The maximum absolute atomic E-state index is 5.48. The standard InChI is InChI=1S/C12H18N6O2S/c1-4-6-13-9-14-10(19-7-5-2)16-11(15-9)21-12-18-17-8(3)20-12/h4-7H2,1-3H3,(H,13,14,15,16). The lowest BCUT2D eigenvalue weighted by atomic mass is 10.5. The summed E-state index contributed by atoms with van der Waals surface area (Å²) in [4.78, 5) is 12.8. The van der Waals surface area contributed by atoms with Crippen LogP contribution < -0.4 is 10.1 Å². The molecule has 2 heterocycles. The first kappa shape index (κ1) is 15.5. The predicted molar refractivity (Wildman–Crippen MR) is 77.6 cm³/mol. The van der Waals surface area contributed by atoms with Gasteiger partial charge in [-0.25, -0.2) is 0 Å². The molecule has 2 aromatic rings. The number of ether oxygens (including phenoxy) is 1. The summed E-state index contributed by atoms with van der Waals surface area (Å²) in [5.41, 5.74) is 0. The minimum Gasteiger partial charge on any atom is -0.463 e. The van der Waals surface area contributed by atoms with Crippen LogP contribution in [0.3, 0.4) is 0 Å². The average Bonchev–Trinajstić information content (AvgIpc) is 2.88. The maximum atomic E-state index is 5.48. The van der Waals surface area contributed by atoms with Crippen LogP contribution in [0, 0.1) is 6.92 Å². The van der Waals surface area contributed by atoms with Crippen molar-refractivity contribution in [3.8, 4) is 6.01 Å². The van der Waals surface area contributed by atoms with Crippen LogP contribution in [0.2, 0.25) is 0 Å². The summed E-state index contributed by atoms with van der Waals surface area (Å²) in [6.07, 6.45) is 1.86. The van der Waals surface area contributed by atoms with E-state index >= 15 is 0 Å². The molecule has 0 fully saturated rings. The highest BCUT2D eigenvalue weighted by Crippen LogP contribution is 2.25. The molecule has 114 valence electrons. The van der Waals surface area contributed by atoms with E-state index < -0.39 is 0 Å². The molecular formula is C12H18N6O2S. The SMILES string of the molecule is CCCNc1nc(OCCC)nc(Sc2nnc(C)o2)n1. The normalized spacial score (nSPS) is 10.6. The number of hydrogen-bond donors (Lipinski definition) is 1. The number of nitrogens with zero attached hydrogens (tertiary/aromatic N) is 5. The Morgan fingerprint density at radius 2 is 2.00 bits per heavy atom. The van der Waals surface area contributed by atoms with Crippen LogP contribution in [0.15, 0.2) is 14.8 Å². The molecule has 0 spiro atoms. The Kier molecular flexibility index (Phi) is 5.73. The van der Waals surface area contributed by atoms with E-state index in [9.17, 15) is 0 Å². The van der Waals surface area contributed by atoms with Gasteiger partial charge < -0.3 is 14.5 Å². The third-order valence-corrected chi connectivity index (χ3v) is 2.95. The fourth-order valence-electron chi connectivity index (χ4n) is 1.36. The van der Waals surface area contributed by atoms with E-state index in [1.807, 2.05) is 6.92 Å². The summed E-state index contributed by atoms with van der Waals surface area (Å²) < 4.78 is 10.8. The van der Waals surface area contributed by atoms with Gasteiger partial charge in [0.05, 0.1) is 6.61 Å². The molecule has 0 atom stereocenters. The second-order valence-corrected chi connectivity index (χ2v) is 5.11. The molecule has 8 nitrogen and oxygen atoms in total. The fraction of sp³-hybridized carbons (Fsp3) is 0.583. The van der Waals surface area contributed by atoms with Crippen molar-refractivity contribution in [2.45, 2.75) is 44.0 Å². The van der Waals surface area contributed by atoms with Gasteiger partial charge in [0.25, 0.3) is 5.22 Å². The van der Waals surface area contributed by atoms with E-state index in [4.69, 9.17) is 9.15 Å². The Labute approximate surface area is 127 Å². The van der Waals surface area contributed by atoms with E-state index in [0.717, 1.165) is 19.4 Å². The van der Waals surface area contributed by atoms with Gasteiger partial charge >= 0.3 is 6.01 Å². The Bertz CT molecular complexity index is 550. The van der Waals surface area contributed by atoms with Crippen LogP contribution in [-0.4, -0.2) is 38.3 Å². The van der Waals surface area contributed by atoms with Gasteiger partial charge in [0.15, 0.2) is 0 Å². The van der Waals surface area contributed by atoms with Crippen molar-refractivity contribution < 1.29 is 9.15 Å². The molecular weight excluding hydrogens is 292 g/mol. The molecule has 0 aliphatic rings. The Balaban J connectivity index is 2.16. The van der Waals surface area contributed by atoms with E-state index in [-0.39, 0.29) is 0 Å². The zero-order valence-corrected chi connectivity index (χ0v) is 13.1. The third kappa shape index (κ3) is 4.85. The summed E-state index contributed by atoms with van der Waals surface area (Å²) in [5.74, 6) is 0.982. The quantitative estimate of drug-likeness (QED) is 0.787. The van der Waals surface area contributed by atoms with Gasteiger partial charge in [-0.1, -0.05) is 13.8 Å². The molecule has 0 aliphatic heterocycles. The molecule has 0 saturated carbocycles. The minimum atomic E-state index is 0.296. The summed E-state index contributed by atoms with van der Waals surface area (Å²) in [5, 5.41) is 11.6. The number of rotatable bonds is 8. The molecule has 2 rings (SSSR count). The Hall–Kier alpha value is -1.90. The molecule has 9 heteroatoms. The summed E-state index contributed by atoms with van der Waals surface area (Å²) in [6, 6.07) is 0.296. The van der Waals surface area contributed by atoms with Crippen molar-refractivity contribution in [2.75, 3.05) is 18.5 Å². The van der Waals surface area contributed by atoms with Crippen LogP contribution in [0.4, 0.5) is 5.95 Å². The van der Waals surface area contributed by atoms with E-state index in [1.165, 1.54) is 11.8 Å². The topological polar surface area (TPSA) is 98.9 Å². The van der Waals surface area contributed by atoms with E-state index in [1.54, 1.807) is 6.92 Å². The van der Waals surface area contributed by atoms with Gasteiger partial charge in [0, 0.05) is 25.2 Å². The first-order chi connectivity index (χ1) is 10.2. The smallest absolute Gasteiger partial charge is 0.322 e. The van der Waals surface area contributed by atoms with Gasteiger partial charge in [0.1, 0.15) is 0 Å². The highest BCUT2D eigenvalue weighted by atomic mass is 32.2. The van der Waals surface area contributed by atoms with E-state index in [0.29, 0.717) is 34.8 Å². The predicted octanol–water partition coefficient (Wildman–Crippen LogP) is 2.32. The second kappa shape index (κ2) is 7.77. The Morgan fingerprint density at radius 3 is 2.67 bits per heavy atom. The molecule has 2 aromatic heterocycles. The highest BCUT2D eigenvalue weighted by Gasteiger charge is 2.12.